The van der Waals surface area contributed by atoms with E-state index in [0.717, 1.165) is 5.56 Å². The molecule has 0 aliphatic carbocycles. The standard InChI is InChI=1S/C10H16OSi/c1-2-8-12-10(11)9-6-4-3-5-7-9/h3-7,10-11H,2,8,12H2,1H3. The lowest BCUT2D eigenvalue weighted by atomic mass is 10.2. The fourth-order valence-electron chi connectivity index (χ4n) is 1.24. The zero-order valence-corrected chi connectivity index (χ0v) is 8.95. The topological polar surface area (TPSA) is 20.2 Å². The maximum atomic E-state index is 9.71. The second-order valence-electron chi connectivity index (χ2n) is 3.07. The van der Waals surface area contributed by atoms with Gasteiger partial charge in [0.05, 0.1) is 15.2 Å². The zero-order valence-electron chi connectivity index (χ0n) is 7.53. The third-order valence-corrected chi connectivity index (χ3v) is 4.15. The van der Waals surface area contributed by atoms with Gasteiger partial charge >= 0.3 is 0 Å². The number of rotatable bonds is 4. The minimum Gasteiger partial charge on any atom is -0.393 e. The van der Waals surface area contributed by atoms with Crippen molar-refractivity contribution in [3.63, 3.8) is 0 Å². The van der Waals surface area contributed by atoms with Crippen molar-refractivity contribution in [2.45, 2.75) is 25.1 Å². The highest BCUT2D eigenvalue weighted by Crippen LogP contribution is 2.11. The van der Waals surface area contributed by atoms with Gasteiger partial charge < -0.3 is 5.11 Å². The second-order valence-corrected chi connectivity index (χ2v) is 5.13. The van der Waals surface area contributed by atoms with Crippen LogP contribution in [0.4, 0.5) is 0 Å². The highest BCUT2D eigenvalue weighted by atomic mass is 28.2. The van der Waals surface area contributed by atoms with Crippen molar-refractivity contribution in [3.8, 4) is 0 Å². The van der Waals surface area contributed by atoms with Crippen molar-refractivity contribution in [1.82, 2.24) is 0 Å². The van der Waals surface area contributed by atoms with Crippen LogP contribution in [0.1, 0.15) is 24.6 Å². The Kier molecular flexibility index (Phi) is 4.04. The van der Waals surface area contributed by atoms with Gasteiger partial charge in [0, 0.05) is 0 Å². The highest BCUT2D eigenvalue weighted by molar-refractivity contribution is 6.36. The van der Waals surface area contributed by atoms with Crippen molar-refractivity contribution >= 4 is 9.52 Å². The van der Waals surface area contributed by atoms with Crippen LogP contribution in [0.2, 0.25) is 6.04 Å². The first-order chi connectivity index (χ1) is 5.84. The van der Waals surface area contributed by atoms with Gasteiger partial charge in [0.15, 0.2) is 0 Å². The molecular weight excluding hydrogens is 164 g/mol. The van der Waals surface area contributed by atoms with E-state index in [2.05, 4.69) is 6.92 Å². The van der Waals surface area contributed by atoms with E-state index in [-0.39, 0.29) is 15.2 Å². The van der Waals surface area contributed by atoms with Gasteiger partial charge in [0.1, 0.15) is 0 Å². The van der Waals surface area contributed by atoms with E-state index in [1.807, 2.05) is 30.3 Å². The van der Waals surface area contributed by atoms with Crippen molar-refractivity contribution in [2.24, 2.45) is 0 Å². The first-order valence-corrected chi connectivity index (χ1v) is 6.39. The molecule has 0 bridgehead atoms. The van der Waals surface area contributed by atoms with Gasteiger partial charge in [-0.3, -0.25) is 0 Å². The molecule has 2 heteroatoms. The van der Waals surface area contributed by atoms with Crippen molar-refractivity contribution in [2.75, 3.05) is 0 Å². The molecule has 1 N–H and O–H groups in total. The summed E-state index contributed by atoms with van der Waals surface area (Å²) in [6, 6.07) is 11.2. The van der Waals surface area contributed by atoms with Gasteiger partial charge in [-0.2, -0.15) is 0 Å². The van der Waals surface area contributed by atoms with E-state index in [1.165, 1.54) is 12.5 Å². The number of benzene rings is 1. The van der Waals surface area contributed by atoms with Crippen LogP contribution in [-0.2, 0) is 0 Å². The molecule has 1 unspecified atom stereocenters. The normalized spacial score (nSPS) is 13.8. The van der Waals surface area contributed by atoms with Crippen LogP contribution in [0.3, 0.4) is 0 Å². The Morgan fingerprint density at radius 1 is 1.33 bits per heavy atom. The molecule has 12 heavy (non-hydrogen) atoms. The Morgan fingerprint density at radius 2 is 2.00 bits per heavy atom. The number of hydrogen-bond acceptors (Lipinski definition) is 1. The molecule has 0 amide bonds. The molecule has 0 fully saturated rings. The van der Waals surface area contributed by atoms with Crippen molar-refractivity contribution in [1.29, 1.82) is 0 Å². The maximum absolute atomic E-state index is 9.71. The largest absolute Gasteiger partial charge is 0.393 e. The van der Waals surface area contributed by atoms with Crippen molar-refractivity contribution < 1.29 is 5.11 Å². The highest BCUT2D eigenvalue weighted by Gasteiger charge is 2.05. The maximum Gasteiger partial charge on any atom is 0.0623 e. The van der Waals surface area contributed by atoms with Gasteiger partial charge in [0.25, 0.3) is 0 Å². The van der Waals surface area contributed by atoms with E-state index < -0.39 is 0 Å². The van der Waals surface area contributed by atoms with E-state index in [4.69, 9.17) is 0 Å². The molecule has 0 aliphatic heterocycles. The molecule has 0 aliphatic rings. The molecule has 66 valence electrons. The van der Waals surface area contributed by atoms with Gasteiger partial charge in [-0.1, -0.05) is 49.7 Å². The monoisotopic (exact) mass is 180 g/mol. The van der Waals surface area contributed by atoms with Crippen LogP contribution in [0, 0.1) is 0 Å². The number of hydrogen-bond donors (Lipinski definition) is 1. The molecule has 1 aromatic rings. The molecule has 0 saturated heterocycles. The Morgan fingerprint density at radius 3 is 2.58 bits per heavy atom. The van der Waals surface area contributed by atoms with Crippen LogP contribution < -0.4 is 0 Å². The fraction of sp³-hybridized carbons (Fsp3) is 0.400. The molecule has 1 rings (SSSR count). The van der Waals surface area contributed by atoms with Crippen molar-refractivity contribution in [3.05, 3.63) is 35.9 Å². The van der Waals surface area contributed by atoms with Gasteiger partial charge in [-0.15, -0.1) is 0 Å². The van der Waals surface area contributed by atoms with E-state index in [0.29, 0.717) is 0 Å². The molecule has 0 radical (unpaired) electrons. The van der Waals surface area contributed by atoms with Crippen LogP contribution in [0.25, 0.3) is 0 Å². The summed E-state index contributed by atoms with van der Waals surface area (Å²) < 4.78 is 0. The Bertz CT molecular complexity index is 210. The average Bonchev–Trinajstić information content (AvgIpc) is 2.15. The summed E-state index contributed by atoms with van der Waals surface area (Å²) >= 11 is 0. The van der Waals surface area contributed by atoms with Gasteiger partial charge in [-0.05, 0) is 5.56 Å². The molecule has 1 atom stereocenters. The summed E-state index contributed by atoms with van der Waals surface area (Å²) in [5.41, 5.74) is 0.962. The third kappa shape index (κ3) is 2.79. The van der Waals surface area contributed by atoms with E-state index >= 15 is 0 Å². The zero-order chi connectivity index (χ0) is 8.81. The number of aliphatic hydroxyl groups is 1. The van der Waals surface area contributed by atoms with Gasteiger partial charge in [0.2, 0.25) is 0 Å². The first kappa shape index (κ1) is 9.48. The van der Waals surface area contributed by atoms with Crippen LogP contribution >= 0.6 is 0 Å². The van der Waals surface area contributed by atoms with E-state index in [1.54, 1.807) is 0 Å². The molecule has 0 spiro atoms. The second kappa shape index (κ2) is 5.12. The molecule has 1 nitrogen and oxygen atoms in total. The minimum absolute atomic E-state index is 0.133. The summed E-state index contributed by atoms with van der Waals surface area (Å²) in [5.74, 6) is 0. The SMILES string of the molecule is CCC[SiH2]C(O)c1ccccc1. The summed E-state index contributed by atoms with van der Waals surface area (Å²) in [4.78, 5) is 0. The average molecular weight is 180 g/mol. The van der Waals surface area contributed by atoms with Crippen LogP contribution in [0.15, 0.2) is 30.3 Å². The summed E-state index contributed by atoms with van der Waals surface area (Å²) in [6.07, 6.45) is 1.20. The minimum atomic E-state index is -0.307. The smallest absolute Gasteiger partial charge is 0.0623 e. The molecular formula is C10H16OSi. The first-order valence-electron chi connectivity index (χ1n) is 4.57. The van der Waals surface area contributed by atoms with Crippen LogP contribution in [-0.4, -0.2) is 14.6 Å². The lowest BCUT2D eigenvalue weighted by molar-refractivity contribution is 0.257. The molecule has 0 heterocycles. The van der Waals surface area contributed by atoms with E-state index in [9.17, 15) is 5.11 Å². The molecule has 0 saturated carbocycles. The quantitative estimate of drug-likeness (QED) is 0.699. The Hall–Kier alpha value is -0.603. The third-order valence-electron chi connectivity index (χ3n) is 2.02. The molecule has 1 aromatic carbocycles. The summed E-state index contributed by atoms with van der Waals surface area (Å²) in [6.45, 7) is 2.17. The summed E-state index contributed by atoms with van der Waals surface area (Å²) in [5, 5.41) is 9.71. The Labute approximate surface area is 76.3 Å². The lowest BCUT2D eigenvalue weighted by Gasteiger charge is -2.08. The Balaban J connectivity index is 2.48. The van der Waals surface area contributed by atoms with Gasteiger partial charge in [-0.25, -0.2) is 0 Å². The fourth-order valence-corrected chi connectivity index (χ4v) is 2.64. The predicted octanol–water partition coefficient (Wildman–Crippen LogP) is 1.67. The number of aliphatic hydroxyl groups excluding tert-OH is 1. The molecule has 0 aromatic heterocycles. The predicted molar refractivity (Wildman–Crippen MR) is 55.0 cm³/mol. The van der Waals surface area contributed by atoms with Crippen LogP contribution in [0.5, 0.6) is 0 Å². The summed E-state index contributed by atoms with van der Waals surface area (Å²) in [7, 11) is -0.307. The lowest BCUT2D eigenvalue weighted by Crippen LogP contribution is -2.05.